The summed E-state index contributed by atoms with van der Waals surface area (Å²) in [6, 6.07) is 10.1. The average Bonchev–Trinajstić information content (AvgIpc) is 3.21. The zero-order valence-electron chi connectivity index (χ0n) is 14.7. The Balaban J connectivity index is 1.50. The van der Waals surface area contributed by atoms with Gasteiger partial charge >= 0.3 is 0 Å². The third-order valence-electron chi connectivity index (χ3n) is 4.10. The highest BCUT2D eigenvalue weighted by Gasteiger charge is 2.26. The summed E-state index contributed by atoms with van der Waals surface area (Å²) in [6.45, 7) is 1.55. The van der Waals surface area contributed by atoms with Gasteiger partial charge < -0.3 is 9.15 Å². The third kappa shape index (κ3) is 5.25. The van der Waals surface area contributed by atoms with Crippen LogP contribution in [0.15, 0.2) is 57.1 Å². The highest BCUT2D eigenvalue weighted by atomic mass is 32.2. The van der Waals surface area contributed by atoms with Gasteiger partial charge in [0.15, 0.2) is 0 Å². The summed E-state index contributed by atoms with van der Waals surface area (Å²) in [4.78, 5) is 12.1. The summed E-state index contributed by atoms with van der Waals surface area (Å²) < 4.78 is 36.8. The van der Waals surface area contributed by atoms with Crippen LogP contribution in [0.1, 0.15) is 17.7 Å². The molecule has 1 aromatic carbocycles. The van der Waals surface area contributed by atoms with E-state index in [1.165, 1.54) is 16.8 Å². The highest BCUT2D eigenvalue weighted by Crippen LogP contribution is 2.18. The Morgan fingerprint density at radius 2 is 1.93 bits per heavy atom. The molecule has 2 aromatic rings. The minimum Gasteiger partial charge on any atom is -0.463 e. The van der Waals surface area contributed by atoms with Gasteiger partial charge in [0.1, 0.15) is 5.76 Å². The van der Waals surface area contributed by atoms with E-state index in [1.54, 1.807) is 36.4 Å². The van der Waals surface area contributed by atoms with Gasteiger partial charge in [-0.2, -0.15) is 9.41 Å². The van der Waals surface area contributed by atoms with Crippen LogP contribution >= 0.6 is 0 Å². The van der Waals surface area contributed by atoms with Gasteiger partial charge in [0.25, 0.3) is 0 Å². The lowest BCUT2D eigenvalue weighted by Crippen LogP contribution is -2.40. The number of hydrogen-bond acceptors (Lipinski definition) is 6. The van der Waals surface area contributed by atoms with E-state index in [4.69, 9.17) is 9.15 Å². The van der Waals surface area contributed by atoms with Crippen molar-refractivity contribution in [3.8, 4) is 0 Å². The van der Waals surface area contributed by atoms with E-state index < -0.39 is 10.0 Å². The molecule has 1 fully saturated rings. The lowest BCUT2D eigenvalue weighted by molar-refractivity contribution is -0.121. The number of nitrogens with zero attached hydrogens (tertiary/aromatic N) is 2. The van der Waals surface area contributed by atoms with E-state index in [1.807, 2.05) is 0 Å². The molecule has 0 atom stereocenters. The fraction of sp³-hybridized carbons (Fsp3) is 0.333. The molecule has 1 N–H and O–H groups in total. The van der Waals surface area contributed by atoms with Crippen molar-refractivity contribution in [1.82, 2.24) is 9.73 Å². The molecule has 0 unspecified atom stereocenters. The molecule has 9 heteroatoms. The Kier molecular flexibility index (Phi) is 6.38. The van der Waals surface area contributed by atoms with Gasteiger partial charge in [-0.3, -0.25) is 4.79 Å². The van der Waals surface area contributed by atoms with Gasteiger partial charge in [-0.05, 0) is 36.2 Å². The van der Waals surface area contributed by atoms with Gasteiger partial charge in [0, 0.05) is 19.5 Å². The summed E-state index contributed by atoms with van der Waals surface area (Å²) >= 11 is 0. The van der Waals surface area contributed by atoms with Crippen molar-refractivity contribution in [3.63, 3.8) is 0 Å². The number of carbonyl (C=O) groups is 1. The first-order valence-corrected chi connectivity index (χ1v) is 10.0. The maximum absolute atomic E-state index is 12.6. The normalized spacial score (nSPS) is 15.9. The van der Waals surface area contributed by atoms with Gasteiger partial charge in [0.2, 0.25) is 15.9 Å². The Bertz CT molecular complexity index is 870. The summed E-state index contributed by atoms with van der Waals surface area (Å²) in [5.41, 5.74) is 3.30. The van der Waals surface area contributed by atoms with Crippen LogP contribution in [0, 0.1) is 0 Å². The molecule has 144 valence electrons. The Morgan fingerprint density at radius 1 is 1.19 bits per heavy atom. The molecular weight excluding hydrogens is 370 g/mol. The quantitative estimate of drug-likeness (QED) is 0.568. The average molecular weight is 391 g/mol. The maximum atomic E-state index is 12.6. The molecule has 0 spiro atoms. The van der Waals surface area contributed by atoms with Crippen molar-refractivity contribution < 1.29 is 22.4 Å². The van der Waals surface area contributed by atoms with E-state index in [0.717, 1.165) is 5.56 Å². The molecule has 0 bridgehead atoms. The zero-order chi connectivity index (χ0) is 19.1. The largest absolute Gasteiger partial charge is 0.463 e. The molecular formula is C18H21N3O5S. The lowest BCUT2D eigenvalue weighted by atomic mass is 10.1. The highest BCUT2D eigenvalue weighted by molar-refractivity contribution is 7.89. The number of nitrogens with one attached hydrogen (secondary N) is 1. The van der Waals surface area contributed by atoms with Crippen LogP contribution in [0.2, 0.25) is 0 Å². The van der Waals surface area contributed by atoms with Crippen molar-refractivity contribution in [2.24, 2.45) is 5.10 Å². The monoisotopic (exact) mass is 391 g/mol. The zero-order valence-corrected chi connectivity index (χ0v) is 15.5. The molecule has 1 aliphatic heterocycles. The number of furan rings is 1. The van der Waals surface area contributed by atoms with Crippen LogP contribution in [0.4, 0.5) is 0 Å². The number of morpholine rings is 1. The molecule has 0 radical (unpaired) electrons. The molecule has 1 aliphatic rings. The lowest BCUT2D eigenvalue weighted by Gasteiger charge is -2.26. The van der Waals surface area contributed by atoms with Crippen LogP contribution in [0.5, 0.6) is 0 Å². The SMILES string of the molecule is O=C(CCc1ccc(S(=O)(=O)N2CCOCC2)cc1)N/N=C/c1ccco1. The van der Waals surface area contributed by atoms with Crippen molar-refractivity contribution in [1.29, 1.82) is 0 Å². The predicted octanol–water partition coefficient (Wildman–Crippen LogP) is 1.38. The number of hydrazone groups is 1. The fourth-order valence-electron chi connectivity index (χ4n) is 2.61. The molecule has 27 heavy (non-hydrogen) atoms. The standard InChI is InChI=1S/C18H21N3O5S/c22-18(20-19-14-16-2-1-11-26-16)8-5-15-3-6-17(7-4-15)27(23,24)21-9-12-25-13-10-21/h1-4,6-7,11,14H,5,8-10,12-13H2,(H,20,22)/b19-14+. The maximum Gasteiger partial charge on any atom is 0.243 e. The van der Waals surface area contributed by atoms with Gasteiger partial charge in [-0.25, -0.2) is 13.8 Å². The van der Waals surface area contributed by atoms with E-state index >= 15 is 0 Å². The first kappa shape index (κ1) is 19.3. The second kappa shape index (κ2) is 8.94. The van der Waals surface area contributed by atoms with E-state index in [-0.39, 0.29) is 17.2 Å². The van der Waals surface area contributed by atoms with Crippen molar-refractivity contribution in [2.75, 3.05) is 26.3 Å². The minimum atomic E-state index is -3.50. The number of aryl methyl sites for hydroxylation is 1. The second-order valence-corrected chi connectivity index (χ2v) is 7.91. The summed E-state index contributed by atoms with van der Waals surface area (Å²) in [5.74, 6) is 0.315. The molecule has 1 amide bonds. The third-order valence-corrected chi connectivity index (χ3v) is 6.01. The van der Waals surface area contributed by atoms with Crippen LogP contribution in [0.3, 0.4) is 0 Å². The molecule has 1 aromatic heterocycles. The number of benzene rings is 1. The summed E-state index contributed by atoms with van der Waals surface area (Å²) in [7, 11) is -3.50. The second-order valence-electron chi connectivity index (χ2n) is 5.97. The van der Waals surface area contributed by atoms with Gasteiger partial charge in [-0.1, -0.05) is 12.1 Å². The number of rotatable bonds is 7. The predicted molar refractivity (Wildman–Crippen MR) is 98.8 cm³/mol. The number of ether oxygens (including phenoxy) is 1. The number of amides is 1. The smallest absolute Gasteiger partial charge is 0.243 e. The Labute approximate surface area is 157 Å². The van der Waals surface area contributed by atoms with Crippen LogP contribution in [-0.4, -0.2) is 51.1 Å². The molecule has 0 saturated carbocycles. The summed E-state index contributed by atoms with van der Waals surface area (Å²) in [6.07, 6.45) is 3.67. The molecule has 0 aliphatic carbocycles. The van der Waals surface area contributed by atoms with Crippen molar-refractivity contribution >= 4 is 22.1 Å². The van der Waals surface area contributed by atoms with Crippen molar-refractivity contribution in [2.45, 2.75) is 17.7 Å². The van der Waals surface area contributed by atoms with E-state index in [2.05, 4.69) is 10.5 Å². The minimum absolute atomic E-state index is 0.233. The van der Waals surface area contributed by atoms with Crippen LogP contribution in [-0.2, 0) is 26.0 Å². The molecule has 2 heterocycles. The van der Waals surface area contributed by atoms with Gasteiger partial charge in [-0.15, -0.1) is 0 Å². The molecule has 8 nitrogen and oxygen atoms in total. The van der Waals surface area contributed by atoms with Gasteiger partial charge in [0.05, 0.1) is 30.6 Å². The van der Waals surface area contributed by atoms with E-state index in [9.17, 15) is 13.2 Å². The summed E-state index contributed by atoms with van der Waals surface area (Å²) in [5, 5.41) is 3.81. The first-order chi connectivity index (χ1) is 13.1. The van der Waals surface area contributed by atoms with Crippen LogP contribution < -0.4 is 5.43 Å². The number of sulfonamides is 1. The topological polar surface area (TPSA) is 101 Å². The Hall–Kier alpha value is -2.49. The first-order valence-electron chi connectivity index (χ1n) is 8.58. The molecule has 3 rings (SSSR count). The van der Waals surface area contributed by atoms with Crippen molar-refractivity contribution in [3.05, 3.63) is 54.0 Å². The number of hydrogen-bond donors (Lipinski definition) is 1. The fourth-order valence-corrected chi connectivity index (χ4v) is 4.02. The number of carbonyl (C=O) groups excluding carboxylic acids is 1. The van der Waals surface area contributed by atoms with E-state index in [0.29, 0.717) is 38.5 Å². The Morgan fingerprint density at radius 3 is 2.59 bits per heavy atom. The molecule has 1 saturated heterocycles. The van der Waals surface area contributed by atoms with Crippen LogP contribution in [0.25, 0.3) is 0 Å².